The Morgan fingerprint density at radius 3 is 2.31 bits per heavy atom. The van der Waals surface area contributed by atoms with Crippen molar-refractivity contribution in [1.29, 1.82) is 0 Å². The highest BCUT2D eigenvalue weighted by Crippen LogP contribution is 2.33. The van der Waals surface area contributed by atoms with Crippen LogP contribution in [0, 0.1) is 0 Å². The monoisotopic (exact) mass is 193 g/mol. The summed E-state index contributed by atoms with van der Waals surface area (Å²) in [5.74, 6) is 0. The van der Waals surface area contributed by atoms with Gasteiger partial charge in [0.25, 0.3) is 0 Å². The Hall–Kier alpha value is -0.470. The molecule has 1 aromatic rings. The average molecular weight is 193 g/mol. The quantitative estimate of drug-likeness (QED) is 0.514. The van der Waals surface area contributed by atoms with Crippen LogP contribution < -0.4 is 3.89 Å². The van der Waals surface area contributed by atoms with Gasteiger partial charge in [0.1, 0.15) is 5.69 Å². The van der Waals surface area contributed by atoms with Gasteiger partial charge in [-0.05, 0) is 31.4 Å². The van der Waals surface area contributed by atoms with Crippen molar-refractivity contribution in [2.75, 3.05) is 7.05 Å². The van der Waals surface area contributed by atoms with Crippen LogP contribution >= 0.6 is 0 Å². The van der Waals surface area contributed by atoms with Crippen molar-refractivity contribution in [3.63, 3.8) is 0 Å². The van der Waals surface area contributed by atoms with E-state index in [-0.39, 0.29) is 0 Å². The Kier molecular flexibility index (Phi) is 2.35. The lowest BCUT2D eigenvalue weighted by atomic mass is 9.91. The molecule has 0 N–H and O–H groups in total. The topological polar surface area (TPSA) is 0 Å². The second-order valence-corrected chi connectivity index (χ2v) is 4.67. The van der Waals surface area contributed by atoms with Gasteiger partial charge in [0.2, 0.25) is 0 Å². The summed E-state index contributed by atoms with van der Waals surface area (Å²) in [5, 5.41) is 0. The second-order valence-electron chi connectivity index (χ2n) is 3.91. The lowest BCUT2D eigenvalue weighted by Gasteiger charge is -2.50. The number of quaternary nitrogens is 1. The van der Waals surface area contributed by atoms with Gasteiger partial charge in [-0.25, -0.2) is 0 Å². The Morgan fingerprint density at radius 2 is 1.85 bits per heavy atom. The predicted octanol–water partition coefficient (Wildman–Crippen LogP) is 2.64. The molecule has 0 radical (unpaired) electrons. The van der Waals surface area contributed by atoms with Gasteiger partial charge in [0.05, 0.1) is 13.1 Å². The molecule has 70 valence electrons. The second kappa shape index (κ2) is 3.35. The van der Waals surface area contributed by atoms with Gasteiger partial charge in [-0.2, -0.15) is 0 Å². The molecule has 1 aromatic carbocycles. The zero-order chi connectivity index (χ0) is 9.31. The highest BCUT2D eigenvalue weighted by Gasteiger charge is 2.30. The first-order valence-corrected chi connectivity index (χ1v) is 5.20. The number of para-hydroxylation sites is 1. The first kappa shape index (κ1) is 9.10. The summed E-state index contributed by atoms with van der Waals surface area (Å²) in [7, 11) is 2.13. The fraction of sp³-hybridized carbons (Fsp3) is 0.455. The van der Waals surface area contributed by atoms with E-state index in [2.05, 4.69) is 31.3 Å². The zero-order valence-corrected chi connectivity index (χ0v) is 8.76. The Labute approximate surface area is 85.5 Å². The maximum atomic E-state index is 5.62. The van der Waals surface area contributed by atoms with E-state index < -0.39 is 0 Å². The van der Waals surface area contributed by atoms with E-state index in [1.165, 1.54) is 24.9 Å². The van der Waals surface area contributed by atoms with Crippen LogP contribution in [0.2, 0.25) is 0 Å². The molecule has 0 spiro atoms. The zero-order valence-electron chi connectivity index (χ0n) is 7.94. The van der Waals surface area contributed by atoms with E-state index >= 15 is 0 Å². The van der Waals surface area contributed by atoms with Crippen molar-refractivity contribution in [1.82, 2.24) is 3.89 Å². The Morgan fingerprint density at radius 1 is 1.23 bits per heavy atom. The molecule has 0 aromatic heterocycles. The van der Waals surface area contributed by atoms with Gasteiger partial charge in [-0.15, -0.1) is 0 Å². The van der Waals surface area contributed by atoms with E-state index in [4.69, 9.17) is 12.8 Å². The molecule has 1 aliphatic carbocycles. The van der Waals surface area contributed by atoms with Crippen molar-refractivity contribution in [2.24, 2.45) is 0 Å². The van der Waals surface area contributed by atoms with Crippen LogP contribution in [-0.4, -0.2) is 13.1 Å². The molecule has 2 rings (SSSR count). The molecule has 1 saturated carbocycles. The van der Waals surface area contributed by atoms with Gasteiger partial charge in [-0.3, -0.25) is 0 Å². The highest BCUT2D eigenvalue weighted by molar-refractivity contribution is 7.58. The normalized spacial score (nSPS) is 22.0. The molecule has 0 heterocycles. The number of rotatable bonds is 2. The number of nitrogens with zero attached hydrogens (tertiary/aromatic N) is 1. The standard InChI is InChI=1S/C11H15NS/c1-12(13,11-8-5-9-11)10-6-3-2-4-7-10/h2-4,6-7,11H,5,8-9H2,1H3. The van der Waals surface area contributed by atoms with Crippen molar-refractivity contribution >= 4 is 18.5 Å². The van der Waals surface area contributed by atoms with Crippen LogP contribution in [0.25, 0.3) is 0 Å². The SMILES string of the molecule is C[N+]([S-])(c1ccccc1)C1CCC1. The minimum absolute atomic E-state index is 0.640. The lowest BCUT2D eigenvalue weighted by Crippen LogP contribution is -2.51. The van der Waals surface area contributed by atoms with Gasteiger partial charge < -0.3 is 16.7 Å². The molecule has 1 nitrogen and oxygen atoms in total. The lowest BCUT2D eigenvalue weighted by molar-refractivity contribution is 0.267. The molecule has 0 amide bonds. The third-order valence-electron chi connectivity index (χ3n) is 3.04. The van der Waals surface area contributed by atoms with E-state index in [0.29, 0.717) is 9.93 Å². The molecule has 13 heavy (non-hydrogen) atoms. The van der Waals surface area contributed by atoms with Gasteiger partial charge in [0, 0.05) is 0 Å². The van der Waals surface area contributed by atoms with Crippen LogP contribution in [0.15, 0.2) is 30.3 Å². The molecule has 1 aliphatic rings. The third kappa shape index (κ3) is 1.61. The van der Waals surface area contributed by atoms with Crippen LogP contribution in [0.4, 0.5) is 5.69 Å². The van der Waals surface area contributed by atoms with E-state index in [1.54, 1.807) is 0 Å². The first-order chi connectivity index (χ1) is 6.21. The van der Waals surface area contributed by atoms with E-state index in [9.17, 15) is 0 Å². The summed E-state index contributed by atoms with van der Waals surface area (Å²) in [6.07, 6.45) is 3.92. The molecule has 2 heteroatoms. The summed E-state index contributed by atoms with van der Waals surface area (Å²) in [6.45, 7) is 0. The fourth-order valence-electron chi connectivity index (χ4n) is 1.81. The van der Waals surface area contributed by atoms with Crippen LogP contribution in [0.1, 0.15) is 19.3 Å². The van der Waals surface area contributed by atoms with Crippen LogP contribution in [0.5, 0.6) is 0 Å². The molecular weight excluding hydrogens is 178 g/mol. The van der Waals surface area contributed by atoms with Gasteiger partial charge >= 0.3 is 0 Å². The van der Waals surface area contributed by atoms with Crippen molar-refractivity contribution in [3.8, 4) is 0 Å². The maximum absolute atomic E-state index is 5.62. The summed E-state index contributed by atoms with van der Waals surface area (Å²) in [5.41, 5.74) is 1.25. The minimum atomic E-state index is 0.640. The Balaban J connectivity index is 2.23. The fourth-order valence-corrected chi connectivity index (χ4v) is 2.15. The molecule has 0 aliphatic heterocycles. The largest absolute Gasteiger partial charge is 0.488 e. The summed E-state index contributed by atoms with van der Waals surface area (Å²) in [4.78, 5) is 0. The first-order valence-electron chi connectivity index (χ1n) is 4.84. The minimum Gasteiger partial charge on any atom is -0.488 e. The number of hydrogen-bond donors (Lipinski definition) is 0. The van der Waals surface area contributed by atoms with E-state index in [1.807, 2.05) is 6.07 Å². The number of hydrogen-bond acceptors (Lipinski definition) is 1. The smallest absolute Gasteiger partial charge is 0.115 e. The van der Waals surface area contributed by atoms with Crippen LogP contribution in [-0.2, 0) is 12.8 Å². The summed E-state index contributed by atoms with van der Waals surface area (Å²) >= 11 is 5.62. The third-order valence-corrected chi connectivity index (χ3v) is 3.55. The molecule has 0 bridgehead atoms. The number of benzene rings is 1. The van der Waals surface area contributed by atoms with Gasteiger partial charge in [-0.1, -0.05) is 18.2 Å². The molecule has 1 atom stereocenters. The van der Waals surface area contributed by atoms with Crippen molar-refractivity contribution in [3.05, 3.63) is 30.3 Å². The molecule has 1 fully saturated rings. The maximum Gasteiger partial charge on any atom is 0.115 e. The molecule has 1 unspecified atom stereocenters. The van der Waals surface area contributed by atoms with Crippen molar-refractivity contribution < 1.29 is 0 Å². The van der Waals surface area contributed by atoms with E-state index in [0.717, 1.165) is 0 Å². The van der Waals surface area contributed by atoms with Gasteiger partial charge in [0.15, 0.2) is 0 Å². The predicted molar refractivity (Wildman–Crippen MR) is 59.2 cm³/mol. The average Bonchev–Trinajstić information content (AvgIpc) is 2.02. The highest BCUT2D eigenvalue weighted by atomic mass is 32.1. The Bertz CT molecular complexity index is 277. The van der Waals surface area contributed by atoms with Crippen LogP contribution in [0.3, 0.4) is 0 Å². The summed E-state index contributed by atoms with van der Waals surface area (Å²) in [6, 6.07) is 11.1. The molecular formula is C11H15NS. The summed E-state index contributed by atoms with van der Waals surface area (Å²) < 4.78 is 0.640. The van der Waals surface area contributed by atoms with Crippen molar-refractivity contribution in [2.45, 2.75) is 25.3 Å². The molecule has 0 saturated heterocycles.